The van der Waals surface area contributed by atoms with Crippen molar-refractivity contribution < 1.29 is 4.79 Å². The summed E-state index contributed by atoms with van der Waals surface area (Å²) < 4.78 is 0. The van der Waals surface area contributed by atoms with Crippen molar-refractivity contribution in [2.75, 3.05) is 37.4 Å². The zero-order valence-corrected chi connectivity index (χ0v) is 16.6. The van der Waals surface area contributed by atoms with Gasteiger partial charge >= 0.3 is 0 Å². The molecule has 0 saturated carbocycles. The van der Waals surface area contributed by atoms with Gasteiger partial charge in [-0.25, -0.2) is 15.0 Å². The molecule has 1 amide bonds. The van der Waals surface area contributed by atoms with E-state index < -0.39 is 0 Å². The molecule has 27 heavy (non-hydrogen) atoms. The van der Waals surface area contributed by atoms with E-state index in [2.05, 4.69) is 26.3 Å². The van der Waals surface area contributed by atoms with Crippen molar-refractivity contribution in [2.45, 2.75) is 39.2 Å². The van der Waals surface area contributed by atoms with Crippen LogP contribution in [0.15, 0.2) is 24.5 Å². The Morgan fingerprint density at radius 2 is 1.96 bits per heavy atom. The minimum absolute atomic E-state index is 0.0325. The van der Waals surface area contributed by atoms with Crippen molar-refractivity contribution >= 4 is 17.4 Å². The van der Waals surface area contributed by atoms with Crippen LogP contribution in [0.4, 0.5) is 11.5 Å². The lowest BCUT2D eigenvalue weighted by Gasteiger charge is -2.22. The summed E-state index contributed by atoms with van der Waals surface area (Å²) in [6.07, 6.45) is 6.43. The first-order valence-corrected chi connectivity index (χ1v) is 9.43. The third kappa shape index (κ3) is 4.72. The molecule has 0 radical (unpaired) electrons. The van der Waals surface area contributed by atoms with Gasteiger partial charge in [-0.15, -0.1) is 0 Å². The number of anilines is 2. The maximum absolute atomic E-state index is 12.9. The number of amides is 1. The highest BCUT2D eigenvalue weighted by Crippen LogP contribution is 2.19. The third-order valence-corrected chi connectivity index (χ3v) is 4.92. The van der Waals surface area contributed by atoms with Crippen molar-refractivity contribution in [2.24, 2.45) is 0 Å². The van der Waals surface area contributed by atoms with Crippen LogP contribution in [0.5, 0.6) is 0 Å². The molecule has 0 spiro atoms. The molecule has 0 aromatic carbocycles. The summed E-state index contributed by atoms with van der Waals surface area (Å²) in [5.74, 6) is 1.66. The van der Waals surface area contributed by atoms with E-state index in [-0.39, 0.29) is 5.91 Å². The van der Waals surface area contributed by atoms with E-state index >= 15 is 0 Å². The fourth-order valence-corrected chi connectivity index (χ4v) is 3.38. The van der Waals surface area contributed by atoms with E-state index in [1.54, 1.807) is 6.20 Å². The average Bonchev–Trinajstić information content (AvgIpc) is 2.87. The predicted octanol–water partition coefficient (Wildman–Crippen LogP) is 2.66. The van der Waals surface area contributed by atoms with E-state index in [1.807, 2.05) is 50.0 Å². The zero-order chi connectivity index (χ0) is 19.4. The van der Waals surface area contributed by atoms with Gasteiger partial charge in [0.05, 0.1) is 23.1 Å². The molecule has 3 rings (SSSR count). The van der Waals surface area contributed by atoms with Gasteiger partial charge in [0, 0.05) is 39.4 Å². The van der Waals surface area contributed by atoms with Gasteiger partial charge in [-0.3, -0.25) is 4.79 Å². The average molecular weight is 368 g/mol. The molecule has 0 aliphatic carbocycles. The molecule has 1 aliphatic rings. The molecule has 2 aromatic heterocycles. The summed E-state index contributed by atoms with van der Waals surface area (Å²) in [6, 6.07) is 4.41. The summed E-state index contributed by atoms with van der Waals surface area (Å²) in [4.78, 5) is 29.7. The normalized spacial score (nSPS) is 17.3. The van der Waals surface area contributed by atoms with Crippen LogP contribution in [0.2, 0.25) is 0 Å². The van der Waals surface area contributed by atoms with E-state index in [0.717, 1.165) is 49.6 Å². The Labute approximate surface area is 160 Å². The Morgan fingerprint density at radius 3 is 2.63 bits per heavy atom. The van der Waals surface area contributed by atoms with Gasteiger partial charge < -0.3 is 15.1 Å². The molecule has 1 atom stereocenters. The highest BCUT2D eigenvalue weighted by molar-refractivity contribution is 5.94. The maximum atomic E-state index is 12.9. The first-order valence-electron chi connectivity index (χ1n) is 9.43. The van der Waals surface area contributed by atoms with Crippen LogP contribution >= 0.6 is 0 Å². The van der Waals surface area contributed by atoms with Crippen LogP contribution in [0.3, 0.4) is 0 Å². The molecule has 1 aliphatic heterocycles. The zero-order valence-electron chi connectivity index (χ0n) is 16.6. The number of carbonyl (C=O) groups excluding carboxylic acids is 1. The summed E-state index contributed by atoms with van der Waals surface area (Å²) in [5, 5.41) is 3.56. The SMILES string of the molecule is Cc1ncc(C(=O)N2CCCC(Nc3ccc(N(C)C)nc3)CC2)c(C)n1. The van der Waals surface area contributed by atoms with Crippen molar-refractivity contribution in [3.8, 4) is 0 Å². The number of carbonyl (C=O) groups is 1. The summed E-state index contributed by atoms with van der Waals surface area (Å²) in [5.41, 5.74) is 2.38. The number of hydrogen-bond donors (Lipinski definition) is 1. The van der Waals surface area contributed by atoms with Crippen LogP contribution in [-0.4, -0.2) is 59.0 Å². The molecule has 2 aromatic rings. The minimum Gasteiger partial charge on any atom is -0.381 e. The van der Waals surface area contributed by atoms with Crippen molar-refractivity contribution in [3.63, 3.8) is 0 Å². The predicted molar refractivity (Wildman–Crippen MR) is 107 cm³/mol. The second-order valence-corrected chi connectivity index (χ2v) is 7.28. The van der Waals surface area contributed by atoms with Crippen LogP contribution in [-0.2, 0) is 0 Å². The van der Waals surface area contributed by atoms with Crippen LogP contribution < -0.4 is 10.2 Å². The van der Waals surface area contributed by atoms with Crippen molar-refractivity contribution in [3.05, 3.63) is 41.6 Å². The van der Waals surface area contributed by atoms with Gasteiger partial charge in [-0.1, -0.05) is 0 Å². The van der Waals surface area contributed by atoms with Gasteiger partial charge in [-0.2, -0.15) is 0 Å². The van der Waals surface area contributed by atoms with Gasteiger partial charge in [0.25, 0.3) is 5.91 Å². The quantitative estimate of drug-likeness (QED) is 0.894. The van der Waals surface area contributed by atoms with Crippen molar-refractivity contribution in [1.29, 1.82) is 0 Å². The number of nitrogens with zero attached hydrogens (tertiary/aromatic N) is 5. The van der Waals surface area contributed by atoms with Crippen LogP contribution in [0, 0.1) is 13.8 Å². The molecule has 1 saturated heterocycles. The lowest BCUT2D eigenvalue weighted by atomic mass is 10.1. The van der Waals surface area contributed by atoms with Gasteiger partial charge in [0.15, 0.2) is 0 Å². The van der Waals surface area contributed by atoms with E-state index in [0.29, 0.717) is 17.4 Å². The molecule has 1 fully saturated rings. The van der Waals surface area contributed by atoms with E-state index in [9.17, 15) is 4.79 Å². The molecule has 1 unspecified atom stereocenters. The number of aryl methyl sites for hydroxylation is 2. The number of aromatic nitrogens is 3. The van der Waals surface area contributed by atoms with Gasteiger partial charge in [0.1, 0.15) is 11.6 Å². The second-order valence-electron chi connectivity index (χ2n) is 7.28. The Hall–Kier alpha value is -2.70. The smallest absolute Gasteiger partial charge is 0.257 e. The molecule has 7 heteroatoms. The summed E-state index contributed by atoms with van der Waals surface area (Å²) in [7, 11) is 3.96. The van der Waals surface area contributed by atoms with E-state index in [1.165, 1.54) is 0 Å². The largest absolute Gasteiger partial charge is 0.381 e. The number of rotatable bonds is 4. The maximum Gasteiger partial charge on any atom is 0.257 e. The number of nitrogens with one attached hydrogen (secondary N) is 1. The monoisotopic (exact) mass is 368 g/mol. The summed E-state index contributed by atoms with van der Waals surface area (Å²) in [6.45, 7) is 5.20. The Bertz CT molecular complexity index is 790. The third-order valence-electron chi connectivity index (χ3n) is 4.92. The molecular formula is C20H28N6O. The fraction of sp³-hybridized carbons (Fsp3) is 0.500. The molecular weight excluding hydrogens is 340 g/mol. The standard InChI is InChI=1S/C20H28N6O/c1-14-18(13-21-15(2)23-14)20(27)26-10-5-6-16(9-11-26)24-17-7-8-19(22-12-17)25(3)4/h7-8,12-13,16,24H,5-6,9-11H2,1-4H3. The minimum atomic E-state index is 0.0325. The van der Waals surface area contributed by atoms with Gasteiger partial charge in [-0.05, 0) is 45.2 Å². The lowest BCUT2D eigenvalue weighted by Crippen LogP contribution is -2.33. The second kappa shape index (κ2) is 8.33. The van der Waals surface area contributed by atoms with Crippen LogP contribution in [0.1, 0.15) is 41.1 Å². The molecule has 144 valence electrons. The topological polar surface area (TPSA) is 74.2 Å². The molecule has 0 bridgehead atoms. The molecule has 1 N–H and O–H groups in total. The molecule has 7 nitrogen and oxygen atoms in total. The fourth-order valence-electron chi connectivity index (χ4n) is 3.38. The highest BCUT2D eigenvalue weighted by atomic mass is 16.2. The van der Waals surface area contributed by atoms with Crippen LogP contribution in [0.25, 0.3) is 0 Å². The lowest BCUT2D eigenvalue weighted by molar-refractivity contribution is 0.0759. The Kier molecular flexibility index (Phi) is 5.88. The molecule has 3 heterocycles. The highest BCUT2D eigenvalue weighted by Gasteiger charge is 2.23. The van der Waals surface area contributed by atoms with E-state index in [4.69, 9.17) is 0 Å². The first kappa shape index (κ1) is 19.1. The number of hydrogen-bond acceptors (Lipinski definition) is 6. The van der Waals surface area contributed by atoms with Crippen molar-refractivity contribution in [1.82, 2.24) is 19.9 Å². The Morgan fingerprint density at radius 1 is 1.15 bits per heavy atom. The Balaban J connectivity index is 1.60. The van der Waals surface area contributed by atoms with Gasteiger partial charge in [0.2, 0.25) is 0 Å². The first-order chi connectivity index (χ1) is 12.9. The number of pyridine rings is 1. The summed E-state index contributed by atoms with van der Waals surface area (Å²) >= 11 is 0. The number of likely N-dealkylation sites (tertiary alicyclic amines) is 1.